The molecule has 3 N–H and O–H groups in total. The normalized spacial score (nSPS) is 10.5. The number of ether oxygens (including phenoxy) is 1. The summed E-state index contributed by atoms with van der Waals surface area (Å²) in [5, 5.41) is 6.55. The molecule has 0 radical (unpaired) electrons. The zero-order chi connectivity index (χ0) is 24.3. The number of hydrogen-bond donors (Lipinski definition) is 3. The topological polar surface area (TPSA) is 92.6 Å². The van der Waals surface area contributed by atoms with Crippen LogP contribution in [0, 0.1) is 23.3 Å². The first-order valence-electron chi connectivity index (χ1n) is 8.80. The lowest BCUT2D eigenvalue weighted by Crippen LogP contribution is -2.35. The molecule has 2 amide bonds. The number of amides is 2. The fraction of sp³-hybridized carbons (Fsp3) is 0.0500. The average Bonchev–Trinajstić information content (AvgIpc) is 3.30. The van der Waals surface area contributed by atoms with E-state index < -0.39 is 51.5 Å². The van der Waals surface area contributed by atoms with Gasteiger partial charge in [0.25, 0.3) is 11.8 Å². The zero-order valence-electron chi connectivity index (χ0n) is 16.4. The highest BCUT2D eigenvalue weighted by Crippen LogP contribution is 2.30. The first-order valence-corrected chi connectivity index (χ1v) is 9.59. The molecule has 0 unspecified atom stereocenters. The SMILES string of the molecule is COc1c(F)c(F)c(C(=O)NC(=S)Nc2ccc(NC(=O)c3ccco3)c(Cl)c2)c(F)c1F. The summed E-state index contributed by atoms with van der Waals surface area (Å²) >= 11 is 11.0. The van der Waals surface area contributed by atoms with E-state index in [0.717, 1.165) is 7.11 Å². The third kappa shape index (κ3) is 5.07. The van der Waals surface area contributed by atoms with Crippen LogP contribution >= 0.6 is 23.8 Å². The van der Waals surface area contributed by atoms with Crippen LogP contribution in [0.15, 0.2) is 41.0 Å². The molecule has 0 spiro atoms. The van der Waals surface area contributed by atoms with Crippen molar-refractivity contribution in [1.82, 2.24) is 5.32 Å². The Morgan fingerprint density at radius 1 is 1.00 bits per heavy atom. The molecule has 3 aromatic rings. The van der Waals surface area contributed by atoms with Gasteiger partial charge < -0.3 is 19.8 Å². The molecule has 172 valence electrons. The van der Waals surface area contributed by atoms with E-state index >= 15 is 0 Å². The maximum Gasteiger partial charge on any atom is 0.291 e. The average molecular weight is 502 g/mol. The predicted octanol–water partition coefficient (Wildman–Crippen LogP) is 4.88. The first-order chi connectivity index (χ1) is 15.6. The van der Waals surface area contributed by atoms with Crippen molar-refractivity contribution in [2.75, 3.05) is 17.7 Å². The van der Waals surface area contributed by atoms with Crippen LogP contribution in [0.4, 0.5) is 28.9 Å². The van der Waals surface area contributed by atoms with E-state index in [1.54, 1.807) is 0 Å². The summed E-state index contributed by atoms with van der Waals surface area (Å²) in [4.78, 5) is 24.2. The number of halogens is 5. The molecule has 13 heteroatoms. The third-order valence-electron chi connectivity index (χ3n) is 4.10. The lowest BCUT2D eigenvalue weighted by molar-refractivity contribution is 0.0964. The molecule has 0 saturated heterocycles. The summed E-state index contributed by atoms with van der Waals surface area (Å²) < 4.78 is 65.0. The van der Waals surface area contributed by atoms with Crippen LogP contribution in [0.25, 0.3) is 0 Å². The molecular formula is C20H12ClF4N3O4S. The van der Waals surface area contributed by atoms with Crippen LogP contribution in [-0.2, 0) is 0 Å². The fourth-order valence-electron chi connectivity index (χ4n) is 2.60. The van der Waals surface area contributed by atoms with Gasteiger partial charge in [-0.25, -0.2) is 8.78 Å². The van der Waals surface area contributed by atoms with Gasteiger partial charge in [-0.2, -0.15) is 8.78 Å². The summed E-state index contributed by atoms with van der Waals surface area (Å²) in [6.45, 7) is 0. The number of hydrogen-bond acceptors (Lipinski definition) is 5. The van der Waals surface area contributed by atoms with E-state index in [2.05, 4.69) is 15.4 Å². The van der Waals surface area contributed by atoms with Crippen LogP contribution in [-0.4, -0.2) is 24.0 Å². The molecular weight excluding hydrogens is 490 g/mol. The minimum atomic E-state index is -1.95. The molecule has 0 saturated carbocycles. The van der Waals surface area contributed by atoms with Crippen molar-refractivity contribution >= 4 is 52.1 Å². The zero-order valence-corrected chi connectivity index (χ0v) is 18.0. The van der Waals surface area contributed by atoms with Gasteiger partial charge >= 0.3 is 0 Å². The number of anilines is 2. The standard InChI is InChI=1S/C20H12ClF4N3O4S/c1-31-17-15(24)13(22)12(14(23)16(17)25)19(30)28-20(33)26-8-4-5-10(9(21)7-8)27-18(29)11-3-2-6-32-11/h2-7H,1H3,(H,27,29)(H2,26,28,30,33). The predicted molar refractivity (Wildman–Crippen MR) is 115 cm³/mol. The number of carbonyl (C=O) groups is 2. The highest BCUT2D eigenvalue weighted by Gasteiger charge is 2.30. The smallest absolute Gasteiger partial charge is 0.291 e. The number of methoxy groups -OCH3 is 1. The number of carbonyl (C=O) groups excluding carboxylic acids is 2. The van der Waals surface area contributed by atoms with Crippen LogP contribution in [0.5, 0.6) is 5.75 Å². The van der Waals surface area contributed by atoms with Crippen LogP contribution in [0.2, 0.25) is 5.02 Å². The second-order valence-corrected chi connectivity index (χ2v) is 7.01. The van der Waals surface area contributed by atoms with Gasteiger partial charge in [0.1, 0.15) is 5.56 Å². The van der Waals surface area contributed by atoms with Gasteiger partial charge in [-0.1, -0.05) is 11.6 Å². The monoisotopic (exact) mass is 501 g/mol. The largest absolute Gasteiger partial charge is 0.491 e. The highest BCUT2D eigenvalue weighted by atomic mass is 35.5. The second kappa shape index (κ2) is 9.88. The highest BCUT2D eigenvalue weighted by molar-refractivity contribution is 7.80. The number of furan rings is 1. The molecule has 0 bridgehead atoms. The lowest BCUT2D eigenvalue weighted by Gasteiger charge is -2.13. The Balaban J connectivity index is 1.71. The Kier molecular flexibility index (Phi) is 7.19. The molecule has 33 heavy (non-hydrogen) atoms. The number of rotatable bonds is 5. The lowest BCUT2D eigenvalue weighted by atomic mass is 10.1. The van der Waals surface area contributed by atoms with E-state index in [4.69, 9.17) is 28.2 Å². The van der Waals surface area contributed by atoms with Gasteiger partial charge in [-0.05, 0) is 42.5 Å². The van der Waals surface area contributed by atoms with Crippen molar-refractivity contribution in [3.05, 3.63) is 76.2 Å². The van der Waals surface area contributed by atoms with E-state index in [-0.39, 0.29) is 22.2 Å². The minimum Gasteiger partial charge on any atom is -0.491 e. The fourth-order valence-corrected chi connectivity index (χ4v) is 3.04. The second-order valence-electron chi connectivity index (χ2n) is 6.20. The number of benzene rings is 2. The van der Waals surface area contributed by atoms with Crippen molar-refractivity contribution in [3.63, 3.8) is 0 Å². The quantitative estimate of drug-likeness (QED) is 0.262. The summed E-state index contributed by atoms with van der Waals surface area (Å²) in [5.41, 5.74) is -1.08. The van der Waals surface area contributed by atoms with E-state index in [1.807, 2.05) is 5.32 Å². The Morgan fingerprint density at radius 2 is 1.67 bits per heavy atom. The number of nitrogens with one attached hydrogen (secondary N) is 3. The van der Waals surface area contributed by atoms with E-state index in [9.17, 15) is 27.2 Å². The van der Waals surface area contributed by atoms with Crippen molar-refractivity contribution in [1.29, 1.82) is 0 Å². The Labute approximate surface area is 193 Å². The Hall–Kier alpha value is -3.64. The van der Waals surface area contributed by atoms with Crippen molar-refractivity contribution in [3.8, 4) is 5.75 Å². The number of thiocarbonyl (C=S) groups is 1. The third-order valence-corrected chi connectivity index (χ3v) is 4.62. The molecule has 1 aromatic heterocycles. The Bertz CT molecular complexity index is 1230. The molecule has 0 atom stereocenters. The first kappa shape index (κ1) is 24.0. The van der Waals surface area contributed by atoms with Crippen LogP contribution in [0.3, 0.4) is 0 Å². The summed E-state index contributed by atoms with van der Waals surface area (Å²) in [7, 11) is 0.804. The molecule has 7 nitrogen and oxygen atoms in total. The molecule has 0 aliphatic heterocycles. The van der Waals surface area contributed by atoms with Gasteiger partial charge in [0.2, 0.25) is 11.6 Å². The summed E-state index contributed by atoms with van der Waals surface area (Å²) in [5.74, 6) is -11.0. The molecule has 0 fully saturated rings. The molecule has 2 aromatic carbocycles. The van der Waals surface area contributed by atoms with E-state index in [1.165, 1.54) is 36.6 Å². The van der Waals surface area contributed by atoms with Crippen molar-refractivity contribution < 1.29 is 36.3 Å². The van der Waals surface area contributed by atoms with Gasteiger partial charge in [0, 0.05) is 5.69 Å². The summed E-state index contributed by atoms with van der Waals surface area (Å²) in [6, 6.07) is 7.13. The van der Waals surface area contributed by atoms with E-state index in [0.29, 0.717) is 0 Å². The molecule has 0 aliphatic rings. The van der Waals surface area contributed by atoms with Crippen molar-refractivity contribution in [2.45, 2.75) is 0 Å². The van der Waals surface area contributed by atoms with Gasteiger partial charge in [0.15, 0.2) is 28.3 Å². The van der Waals surface area contributed by atoms with Crippen LogP contribution in [0.1, 0.15) is 20.9 Å². The molecule has 3 rings (SSSR count). The maximum atomic E-state index is 14.1. The summed E-state index contributed by atoms with van der Waals surface area (Å²) in [6.07, 6.45) is 1.32. The van der Waals surface area contributed by atoms with Gasteiger partial charge in [-0.15, -0.1) is 0 Å². The molecule has 1 heterocycles. The van der Waals surface area contributed by atoms with Crippen LogP contribution < -0.4 is 20.7 Å². The molecule has 0 aliphatic carbocycles. The van der Waals surface area contributed by atoms with Gasteiger partial charge in [-0.3, -0.25) is 14.9 Å². The minimum absolute atomic E-state index is 0.0584. The van der Waals surface area contributed by atoms with Crippen molar-refractivity contribution in [2.24, 2.45) is 0 Å². The van der Waals surface area contributed by atoms with Gasteiger partial charge in [0.05, 0.1) is 24.1 Å². The Morgan fingerprint density at radius 3 is 2.21 bits per heavy atom. The maximum absolute atomic E-state index is 14.1.